The Balaban J connectivity index is 2.09. The number of nitrogens with one attached hydrogen (secondary N) is 1. The number of hydrogen-bond donors (Lipinski definition) is 2. The minimum Gasteiger partial charge on any atom is -0.383 e. The maximum absolute atomic E-state index is 8.09. The zero-order chi connectivity index (χ0) is 19.6. The summed E-state index contributed by atoms with van der Waals surface area (Å²) in [6.07, 6.45) is 4.48. The van der Waals surface area contributed by atoms with Crippen molar-refractivity contribution in [3.8, 4) is 11.1 Å². The predicted octanol–water partition coefficient (Wildman–Crippen LogP) is 5.46. The fourth-order valence-corrected chi connectivity index (χ4v) is 3.67. The zero-order valence-corrected chi connectivity index (χ0v) is 16.3. The number of benzene rings is 2. The van der Waals surface area contributed by atoms with Gasteiger partial charge in [-0.1, -0.05) is 69.0 Å². The number of nitrogens with two attached hydrogens (primary N) is 1. The minimum absolute atomic E-state index is 0.157. The second kappa shape index (κ2) is 7.75. The van der Waals surface area contributed by atoms with E-state index < -0.39 is 0 Å². The van der Waals surface area contributed by atoms with Gasteiger partial charge < -0.3 is 5.73 Å². The molecule has 3 rings (SSSR count). The first-order chi connectivity index (χ1) is 12.9. The highest BCUT2D eigenvalue weighted by Gasteiger charge is 2.24. The van der Waals surface area contributed by atoms with Crippen molar-refractivity contribution in [1.82, 2.24) is 0 Å². The summed E-state index contributed by atoms with van der Waals surface area (Å²) < 4.78 is 0. The Bertz CT molecular complexity index is 950. The van der Waals surface area contributed by atoms with Crippen LogP contribution in [0.15, 0.2) is 71.8 Å². The highest BCUT2D eigenvalue weighted by Crippen LogP contribution is 2.40. The summed E-state index contributed by atoms with van der Waals surface area (Å²) in [5.41, 5.74) is 13.0. The van der Waals surface area contributed by atoms with Crippen LogP contribution in [0.5, 0.6) is 0 Å². The van der Waals surface area contributed by atoms with E-state index in [9.17, 15) is 0 Å². The maximum atomic E-state index is 8.09. The summed E-state index contributed by atoms with van der Waals surface area (Å²) >= 11 is 0. The van der Waals surface area contributed by atoms with Crippen LogP contribution in [-0.4, -0.2) is 11.7 Å². The van der Waals surface area contributed by atoms with Crippen molar-refractivity contribution < 1.29 is 0 Å². The summed E-state index contributed by atoms with van der Waals surface area (Å²) in [5, 5.41) is 8.09. The number of allylic oxidation sites excluding steroid dienone is 2. The van der Waals surface area contributed by atoms with Crippen molar-refractivity contribution in [2.75, 3.05) is 0 Å². The number of fused-ring (bicyclic) bond motifs is 3. The monoisotopic (exact) mass is 357 g/mol. The van der Waals surface area contributed by atoms with Crippen LogP contribution in [0.4, 0.5) is 0 Å². The smallest absolute Gasteiger partial charge is 0.149 e. The van der Waals surface area contributed by atoms with E-state index in [2.05, 4.69) is 61.8 Å². The molecule has 3 N–H and O–H groups in total. The number of aliphatic imine (C=N–C) groups is 1. The van der Waals surface area contributed by atoms with E-state index in [1.54, 1.807) is 12.2 Å². The van der Waals surface area contributed by atoms with Gasteiger partial charge in [0.1, 0.15) is 11.7 Å². The number of hydrogen-bond acceptors (Lipinski definition) is 1. The lowest BCUT2D eigenvalue weighted by Gasteiger charge is -2.19. The van der Waals surface area contributed by atoms with Crippen molar-refractivity contribution in [2.45, 2.75) is 33.1 Å². The Morgan fingerprint density at radius 3 is 2.67 bits per heavy atom. The van der Waals surface area contributed by atoms with E-state index >= 15 is 0 Å². The largest absolute Gasteiger partial charge is 0.383 e. The van der Waals surface area contributed by atoms with Crippen LogP contribution in [-0.2, 0) is 6.42 Å². The molecule has 1 aliphatic carbocycles. The molecule has 3 nitrogen and oxygen atoms in total. The minimum atomic E-state index is 0.157. The van der Waals surface area contributed by atoms with Crippen molar-refractivity contribution in [2.24, 2.45) is 16.6 Å². The van der Waals surface area contributed by atoms with Gasteiger partial charge in [0.05, 0.1) is 0 Å². The Morgan fingerprint density at radius 2 is 1.93 bits per heavy atom. The van der Waals surface area contributed by atoms with E-state index in [0.717, 1.165) is 17.6 Å². The van der Waals surface area contributed by atoms with E-state index in [1.807, 2.05) is 13.0 Å². The van der Waals surface area contributed by atoms with Crippen LogP contribution in [0.3, 0.4) is 0 Å². The van der Waals surface area contributed by atoms with Crippen LogP contribution in [0.2, 0.25) is 0 Å². The summed E-state index contributed by atoms with van der Waals surface area (Å²) in [5.74, 6) is 1.56. The summed E-state index contributed by atoms with van der Waals surface area (Å²) in [4.78, 5) is 4.29. The lowest BCUT2D eigenvalue weighted by molar-refractivity contribution is 0.491. The molecule has 0 amide bonds. The molecule has 0 saturated heterocycles. The third-order valence-corrected chi connectivity index (χ3v) is 5.52. The quantitative estimate of drug-likeness (QED) is 0.427. The van der Waals surface area contributed by atoms with E-state index in [1.165, 1.54) is 22.3 Å². The molecule has 1 unspecified atom stereocenters. The molecule has 0 fully saturated rings. The van der Waals surface area contributed by atoms with Crippen molar-refractivity contribution in [3.05, 3.63) is 83.5 Å². The van der Waals surface area contributed by atoms with E-state index in [0.29, 0.717) is 17.7 Å². The molecular formula is C24H27N3. The molecule has 0 bridgehead atoms. The van der Waals surface area contributed by atoms with Crippen LogP contribution < -0.4 is 5.73 Å². The number of nitrogens with zero attached hydrogens (tertiary/aromatic N) is 1. The third kappa shape index (κ3) is 3.77. The Hall–Kier alpha value is -2.94. The Labute approximate surface area is 161 Å². The second-order valence-corrected chi connectivity index (χ2v) is 7.36. The Kier molecular flexibility index (Phi) is 5.41. The van der Waals surface area contributed by atoms with Crippen molar-refractivity contribution in [1.29, 1.82) is 5.41 Å². The fourth-order valence-electron chi connectivity index (χ4n) is 3.67. The molecule has 0 spiro atoms. The molecule has 3 heteroatoms. The maximum Gasteiger partial charge on any atom is 0.149 e. The first kappa shape index (κ1) is 18.8. The van der Waals surface area contributed by atoms with Gasteiger partial charge in [0, 0.05) is 5.56 Å². The van der Waals surface area contributed by atoms with Gasteiger partial charge >= 0.3 is 0 Å². The highest BCUT2D eigenvalue weighted by atomic mass is 14.9. The molecule has 27 heavy (non-hydrogen) atoms. The molecule has 1 aliphatic rings. The molecule has 2 atom stereocenters. The van der Waals surface area contributed by atoms with Crippen LogP contribution in [0.1, 0.15) is 43.4 Å². The molecule has 2 aromatic carbocycles. The first-order valence-corrected chi connectivity index (χ1v) is 9.37. The van der Waals surface area contributed by atoms with Crippen LogP contribution in [0.25, 0.3) is 11.1 Å². The second-order valence-electron chi connectivity index (χ2n) is 7.36. The van der Waals surface area contributed by atoms with Gasteiger partial charge in [-0.25, -0.2) is 4.99 Å². The average molecular weight is 358 g/mol. The molecule has 0 saturated carbocycles. The molecule has 2 aromatic rings. The highest BCUT2D eigenvalue weighted by molar-refractivity contribution is 6.09. The van der Waals surface area contributed by atoms with E-state index in [4.69, 9.17) is 11.1 Å². The zero-order valence-electron chi connectivity index (χ0n) is 16.3. The van der Waals surface area contributed by atoms with E-state index in [-0.39, 0.29) is 5.84 Å². The van der Waals surface area contributed by atoms with Gasteiger partial charge in [0.15, 0.2) is 0 Å². The third-order valence-electron chi connectivity index (χ3n) is 5.52. The summed E-state index contributed by atoms with van der Waals surface area (Å²) in [6, 6.07) is 14.9. The molecular weight excluding hydrogens is 330 g/mol. The first-order valence-electron chi connectivity index (χ1n) is 9.37. The normalized spacial score (nSPS) is 19.7. The summed E-state index contributed by atoms with van der Waals surface area (Å²) in [6.45, 7) is 10.1. The lowest BCUT2D eigenvalue weighted by Crippen LogP contribution is -2.16. The number of rotatable bonds is 3. The molecule has 138 valence electrons. The van der Waals surface area contributed by atoms with Crippen LogP contribution in [0, 0.1) is 11.3 Å². The molecule has 0 aliphatic heterocycles. The van der Waals surface area contributed by atoms with Gasteiger partial charge in [-0.05, 0) is 59.1 Å². The molecule has 0 aromatic heterocycles. The summed E-state index contributed by atoms with van der Waals surface area (Å²) in [7, 11) is 0. The van der Waals surface area contributed by atoms with Crippen molar-refractivity contribution in [3.63, 3.8) is 0 Å². The number of amidine groups is 2. The van der Waals surface area contributed by atoms with Gasteiger partial charge in [0.25, 0.3) is 0 Å². The Morgan fingerprint density at radius 1 is 1.19 bits per heavy atom. The standard InChI is InChI=1S/C24H27N3/c1-5-8-15(2)23(25)27-24(26)19-11-12-20-17(4)16(3)13-18-9-6-7-10-21(18)22(20)14-19/h5-12,14,16-17H,1,13H2,2-4H3,(H3,25,26,27)/b15-8+/t16-,17?/m0/s1. The fraction of sp³-hybridized carbons (Fsp3) is 0.250. The van der Waals surface area contributed by atoms with Crippen LogP contribution >= 0.6 is 0 Å². The van der Waals surface area contributed by atoms with Gasteiger partial charge in [-0.3, -0.25) is 5.41 Å². The molecule has 0 heterocycles. The van der Waals surface area contributed by atoms with Crippen molar-refractivity contribution >= 4 is 11.7 Å². The predicted molar refractivity (Wildman–Crippen MR) is 116 cm³/mol. The van der Waals surface area contributed by atoms with Gasteiger partial charge in [0.2, 0.25) is 0 Å². The lowest BCUT2D eigenvalue weighted by atomic mass is 9.85. The topological polar surface area (TPSA) is 62.2 Å². The van der Waals surface area contributed by atoms with Gasteiger partial charge in [-0.2, -0.15) is 0 Å². The molecule has 0 radical (unpaired) electrons. The van der Waals surface area contributed by atoms with Gasteiger partial charge in [-0.15, -0.1) is 0 Å². The average Bonchev–Trinajstić information content (AvgIpc) is 2.77. The SMILES string of the molecule is C=C/C=C(\C)C(=N)N=C(N)c1ccc2c(c1)-c1ccccc1C[C@H](C)C2C.